The second-order valence-corrected chi connectivity index (χ2v) is 5.63. The lowest BCUT2D eigenvalue weighted by Gasteiger charge is -2.11. The van der Waals surface area contributed by atoms with E-state index in [9.17, 15) is 23.3 Å². The molecule has 0 aliphatic rings. The third kappa shape index (κ3) is 3.42. The molecule has 2 heterocycles. The van der Waals surface area contributed by atoms with E-state index in [0.29, 0.717) is 17.5 Å². The van der Waals surface area contributed by atoms with Gasteiger partial charge in [0.15, 0.2) is 0 Å². The SMILES string of the molecule is CCc1cc([N+](=O)[O-])c(N=C=S)nc1-n1cnc2ccc(C(F)(F)F)cc21. The van der Waals surface area contributed by atoms with Crippen LogP contribution >= 0.6 is 12.2 Å². The maximum absolute atomic E-state index is 13.1. The van der Waals surface area contributed by atoms with Crippen LogP contribution in [0.5, 0.6) is 0 Å². The van der Waals surface area contributed by atoms with Gasteiger partial charge < -0.3 is 0 Å². The number of aromatic nitrogens is 3. The number of thiocarbonyl (C=S) groups is 1. The highest BCUT2D eigenvalue weighted by Gasteiger charge is 2.31. The van der Waals surface area contributed by atoms with Gasteiger partial charge in [-0.05, 0) is 36.8 Å². The number of pyridine rings is 1. The molecular formula is C16H10F3N5O2S. The molecule has 0 spiro atoms. The first-order valence-corrected chi connectivity index (χ1v) is 7.98. The van der Waals surface area contributed by atoms with Gasteiger partial charge in [-0.15, -0.1) is 0 Å². The number of halogens is 3. The first kappa shape index (κ1) is 18.6. The Balaban J connectivity index is 2.31. The summed E-state index contributed by atoms with van der Waals surface area (Å²) < 4.78 is 40.5. The van der Waals surface area contributed by atoms with Crippen LogP contribution in [0.1, 0.15) is 18.1 Å². The zero-order valence-electron chi connectivity index (χ0n) is 13.7. The lowest BCUT2D eigenvalue weighted by atomic mass is 10.1. The van der Waals surface area contributed by atoms with Crippen molar-refractivity contribution in [1.82, 2.24) is 14.5 Å². The van der Waals surface area contributed by atoms with Crippen LogP contribution in [0.15, 0.2) is 35.6 Å². The highest BCUT2D eigenvalue weighted by molar-refractivity contribution is 7.78. The minimum Gasteiger partial charge on any atom is -0.283 e. The van der Waals surface area contributed by atoms with Crippen molar-refractivity contribution in [2.75, 3.05) is 0 Å². The fourth-order valence-corrected chi connectivity index (χ4v) is 2.69. The van der Waals surface area contributed by atoms with Crippen molar-refractivity contribution < 1.29 is 18.1 Å². The van der Waals surface area contributed by atoms with Crippen LogP contribution in [0.3, 0.4) is 0 Å². The highest BCUT2D eigenvalue weighted by Crippen LogP contribution is 2.34. The number of hydrogen-bond donors (Lipinski definition) is 0. The monoisotopic (exact) mass is 393 g/mol. The Labute approximate surface area is 155 Å². The van der Waals surface area contributed by atoms with Crippen LogP contribution in [-0.4, -0.2) is 24.6 Å². The Kier molecular flexibility index (Phi) is 4.73. The fraction of sp³-hybridized carbons (Fsp3) is 0.188. The van der Waals surface area contributed by atoms with E-state index in [-0.39, 0.29) is 22.8 Å². The minimum absolute atomic E-state index is 0.165. The zero-order chi connectivity index (χ0) is 19.8. The van der Waals surface area contributed by atoms with E-state index in [4.69, 9.17) is 0 Å². The van der Waals surface area contributed by atoms with Crippen LogP contribution in [0.2, 0.25) is 0 Å². The summed E-state index contributed by atoms with van der Waals surface area (Å²) in [5.74, 6) is -0.0926. The van der Waals surface area contributed by atoms with Crippen molar-refractivity contribution in [3.05, 3.63) is 51.8 Å². The van der Waals surface area contributed by atoms with Gasteiger partial charge in [-0.25, -0.2) is 9.97 Å². The van der Waals surface area contributed by atoms with Crippen molar-refractivity contribution >= 4 is 39.9 Å². The molecule has 0 saturated carbocycles. The number of aliphatic imine (C=N–C) groups is 1. The summed E-state index contributed by atoms with van der Waals surface area (Å²) >= 11 is 4.50. The molecular weight excluding hydrogens is 383 g/mol. The molecule has 0 bridgehead atoms. The maximum atomic E-state index is 13.1. The molecule has 0 amide bonds. The number of fused-ring (bicyclic) bond motifs is 1. The predicted molar refractivity (Wildman–Crippen MR) is 94.6 cm³/mol. The molecule has 3 aromatic rings. The summed E-state index contributed by atoms with van der Waals surface area (Å²) in [5, 5.41) is 13.3. The molecule has 2 aromatic heterocycles. The van der Waals surface area contributed by atoms with E-state index in [1.54, 1.807) is 6.92 Å². The summed E-state index contributed by atoms with van der Waals surface area (Å²) in [6, 6.07) is 4.41. The predicted octanol–water partition coefficient (Wildman–Crippen LogP) is 4.64. The number of isothiocyanates is 1. The molecule has 0 fully saturated rings. The molecule has 0 unspecified atom stereocenters. The molecule has 138 valence electrons. The fourth-order valence-electron chi connectivity index (χ4n) is 2.60. The summed E-state index contributed by atoms with van der Waals surface area (Å²) in [6.07, 6.45) is -2.86. The van der Waals surface area contributed by atoms with E-state index in [0.717, 1.165) is 12.1 Å². The average molecular weight is 393 g/mol. The smallest absolute Gasteiger partial charge is 0.283 e. The molecule has 0 saturated heterocycles. The average Bonchev–Trinajstić information content (AvgIpc) is 3.03. The molecule has 27 heavy (non-hydrogen) atoms. The van der Waals surface area contributed by atoms with Crippen LogP contribution < -0.4 is 0 Å². The maximum Gasteiger partial charge on any atom is 0.416 e. The number of nitrogens with zero attached hydrogens (tertiary/aromatic N) is 5. The minimum atomic E-state index is -4.52. The number of hydrogen-bond acceptors (Lipinski definition) is 6. The number of benzene rings is 1. The Morgan fingerprint density at radius 2 is 2.11 bits per heavy atom. The highest BCUT2D eigenvalue weighted by atomic mass is 32.1. The molecule has 7 nitrogen and oxygen atoms in total. The summed E-state index contributed by atoms with van der Waals surface area (Å²) in [4.78, 5) is 22.4. The van der Waals surface area contributed by atoms with Crippen LogP contribution in [0.4, 0.5) is 24.7 Å². The number of rotatable bonds is 4. The number of alkyl halides is 3. The molecule has 1 aromatic carbocycles. The van der Waals surface area contributed by atoms with Crippen molar-refractivity contribution in [3.8, 4) is 5.82 Å². The Bertz CT molecular complexity index is 1100. The molecule has 0 aliphatic carbocycles. The summed E-state index contributed by atoms with van der Waals surface area (Å²) in [7, 11) is 0. The van der Waals surface area contributed by atoms with Gasteiger partial charge in [0.1, 0.15) is 12.1 Å². The van der Waals surface area contributed by atoms with Gasteiger partial charge in [0.2, 0.25) is 5.82 Å². The van der Waals surface area contributed by atoms with Crippen LogP contribution in [0, 0.1) is 10.1 Å². The van der Waals surface area contributed by atoms with Gasteiger partial charge in [0, 0.05) is 11.6 Å². The van der Waals surface area contributed by atoms with Crippen molar-refractivity contribution in [3.63, 3.8) is 0 Å². The van der Waals surface area contributed by atoms with Crippen LogP contribution in [-0.2, 0) is 12.6 Å². The summed E-state index contributed by atoms with van der Waals surface area (Å²) in [6.45, 7) is 1.74. The topological polar surface area (TPSA) is 86.2 Å². The number of imidazole rings is 1. The van der Waals surface area contributed by atoms with Gasteiger partial charge in [-0.3, -0.25) is 14.7 Å². The molecule has 0 radical (unpaired) electrons. The molecule has 11 heteroatoms. The number of aryl methyl sites for hydroxylation is 1. The van der Waals surface area contributed by atoms with Crippen LogP contribution in [0.25, 0.3) is 16.9 Å². The Morgan fingerprint density at radius 3 is 2.70 bits per heavy atom. The molecule has 0 N–H and O–H groups in total. The molecule has 0 atom stereocenters. The third-order valence-corrected chi connectivity index (χ3v) is 3.96. The lowest BCUT2D eigenvalue weighted by molar-refractivity contribution is -0.384. The van der Waals surface area contributed by atoms with E-state index in [2.05, 4.69) is 27.2 Å². The Morgan fingerprint density at radius 1 is 1.37 bits per heavy atom. The molecule has 0 aliphatic heterocycles. The lowest BCUT2D eigenvalue weighted by Crippen LogP contribution is -2.06. The van der Waals surface area contributed by atoms with Gasteiger partial charge in [0.05, 0.1) is 26.7 Å². The normalized spacial score (nSPS) is 11.4. The Hall–Kier alpha value is -3.17. The van der Waals surface area contributed by atoms with Crippen molar-refractivity contribution in [2.45, 2.75) is 19.5 Å². The summed E-state index contributed by atoms with van der Waals surface area (Å²) in [5.41, 5.74) is -0.271. The first-order valence-electron chi connectivity index (χ1n) is 7.57. The van der Waals surface area contributed by atoms with E-state index < -0.39 is 16.7 Å². The second kappa shape index (κ2) is 6.86. The largest absolute Gasteiger partial charge is 0.416 e. The molecule has 3 rings (SSSR count). The standard InChI is InChI=1S/C16H10F3N5O2S/c1-2-9-5-13(24(25)26)14(21-8-27)22-15(9)23-7-20-11-4-3-10(6-12(11)23)16(17,18)19/h3-7H,2H2,1H3. The first-order chi connectivity index (χ1) is 12.8. The number of nitro groups is 1. The van der Waals surface area contributed by atoms with Crippen molar-refractivity contribution in [2.24, 2.45) is 4.99 Å². The quantitative estimate of drug-likeness (QED) is 0.279. The van der Waals surface area contributed by atoms with Gasteiger partial charge in [-0.1, -0.05) is 6.92 Å². The van der Waals surface area contributed by atoms with Gasteiger partial charge in [0.25, 0.3) is 0 Å². The van der Waals surface area contributed by atoms with Gasteiger partial charge >= 0.3 is 11.9 Å². The second-order valence-electron chi connectivity index (χ2n) is 5.44. The van der Waals surface area contributed by atoms with E-state index >= 15 is 0 Å². The zero-order valence-corrected chi connectivity index (χ0v) is 14.5. The van der Waals surface area contributed by atoms with Gasteiger partial charge in [-0.2, -0.15) is 18.2 Å². The van der Waals surface area contributed by atoms with Crippen molar-refractivity contribution in [1.29, 1.82) is 0 Å². The third-order valence-electron chi connectivity index (χ3n) is 3.87. The van der Waals surface area contributed by atoms with E-state index in [1.807, 2.05) is 5.16 Å². The van der Waals surface area contributed by atoms with E-state index in [1.165, 1.54) is 23.0 Å².